The second kappa shape index (κ2) is 11.0. The third-order valence-corrected chi connectivity index (χ3v) is 3.44. The lowest BCUT2D eigenvalue weighted by atomic mass is 10.2. The van der Waals surface area contributed by atoms with Crippen molar-refractivity contribution in [2.45, 2.75) is 34.2 Å². The Bertz CT molecular complexity index is 666. The first-order chi connectivity index (χ1) is 11.6. The van der Waals surface area contributed by atoms with Crippen LogP contribution in [0.15, 0.2) is 33.7 Å². The Morgan fingerprint density at radius 3 is 2.68 bits per heavy atom. The predicted octanol–water partition coefficient (Wildman–Crippen LogP) is 3.35. The zero-order valence-corrected chi connectivity index (χ0v) is 17.6. The summed E-state index contributed by atoms with van der Waals surface area (Å²) in [6, 6.07) is 8.02. The molecule has 0 aliphatic rings. The van der Waals surface area contributed by atoms with Gasteiger partial charge in [-0.1, -0.05) is 12.1 Å². The zero-order chi connectivity index (χ0) is 17.4. The van der Waals surface area contributed by atoms with E-state index in [0.717, 1.165) is 29.7 Å². The van der Waals surface area contributed by atoms with Crippen LogP contribution in [0.4, 0.5) is 0 Å². The van der Waals surface area contributed by atoms with Gasteiger partial charge in [0.1, 0.15) is 24.7 Å². The summed E-state index contributed by atoms with van der Waals surface area (Å²) in [5, 5.41) is 6.44. The molecule has 25 heavy (non-hydrogen) atoms. The summed E-state index contributed by atoms with van der Waals surface area (Å²) in [6.45, 7) is 10.3. The summed E-state index contributed by atoms with van der Waals surface area (Å²) in [6.07, 6.45) is 0. The SMILES string of the molecule is CCNC(=NCc1nc(C)c(C)o1)NCCOc1cccc(C)c1.I. The summed E-state index contributed by atoms with van der Waals surface area (Å²) in [7, 11) is 0. The number of halogens is 1. The number of rotatable bonds is 7. The van der Waals surface area contributed by atoms with Gasteiger partial charge in [0.25, 0.3) is 0 Å². The highest BCUT2D eigenvalue weighted by molar-refractivity contribution is 14.0. The molecule has 0 aliphatic carbocycles. The van der Waals surface area contributed by atoms with E-state index < -0.39 is 0 Å². The van der Waals surface area contributed by atoms with Crippen molar-refractivity contribution in [2.75, 3.05) is 19.7 Å². The van der Waals surface area contributed by atoms with Crippen LogP contribution in [0.2, 0.25) is 0 Å². The molecular formula is C18H27IN4O2. The average Bonchev–Trinajstić information content (AvgIpc) is 2.87. The molecule has 0 aliphatic heterocycles. The fraction of sp³-hybridized carbons (Fsp3) is 0.444. The van der Waals surface area contributed by atoms with E-state index in [1.54, 1.807) is 0 Å². The van der Waals surface area contributed by atoms with Gasteiger partial charge in [-0.2, -0.15) is 0 Å². The van der Waals surface area contributed by atoms with E-state index >= 15 is 0 Å². The molecule has 1 aromatic carbocycles. The van der Waals surface area contributed by atoms with E-state index in [4.69, 9.17) is 9.15 Å². The lowest BCUT2D eigenvalue weighted by molar-refractivity contribution is 0.321. The van der Waals surface area contributed by atoms with Crippen molar-refractivity contribution in [3.05, 3.63) is 47.2 Å². The lowest BCUT2D eigenvalue weighted by Crippen LogP contribution is -2.39. The van der Waals surface area contributed by atoms with E-state index in [1.807, 2.05) is 52.0 Å². The minimum absolute atomic E-state index is 0. The number of aromatic nitrogens is 1. The van der Waals surface area contributed by atoms with E-state index in [0.29, 0.717) is 25.6 Å². The quantitative estimate of drug-likeness (QED) is 0.288. The molecule has 0 spiro atoms. The summed E-state index contributed by atoms with van der Waals surface area (Å²) in [5.41, 5.74) is 2.09. The van der Waals surface area contributed by atoms with Crippen LogP contribution < -0.4 is 15.4 Å². The van der Waals surface area contributed by atoms with E-state index in [9.17, 15) is 0 Å². The number of hydrogen-bond donors (Lipinski definition) is 2. The Kier molecular flexibility index (Phi) is 9.33. The number of guanidine groups is 1. The smallest absolute Gasteiger partial charge is 0.216 e. The molecule has 6 nitrogen and oxygen atoms in total. The highest BCUT2D eigenvalue weighted by Crippen LogP contribution is 2.11. The van der Waals surface area contributed by atoms with Crippen LogP contribution in [0.25, 0.3) is 0 Å². The van der Waals surface area contributed by atoms with E-state index in [1.165, 1.54) is 5.56 Å². The Morgan fingerprint density at radius 2 is 2.04 bits per heavy atom. The highest BCUT2D eigenvalue weighted by atomic mass is 127. The lowest BCUT2D eigenvalue weighted by Gasteiger charge is -2.12. The molecule has 0 amide bonds. The molecule has 2 rings (SSSR count). The first kappa shape index (κ1) is 21.3. The maximum Gasteiger partial charge on any atom is 0.216 e. The van der Waals surface area contributed by atoms with Crippen LogP contribution in [0.1, 0.15) is 29.8 Å². The van der Waals surface area contributed by atoms with Crippen LogP contribution >= 0.6 is 24.0 Å². The number of benzene rings is 1. The number of nitrogens with one attached hydrogen (secondary N) is 2. The van der Waals surface area contributed by atoms with Gasteiger partial charge >= 0.3 is 0 Å². The normalized spacial score (nSPS) is 11.0. The van der Waals surface area contributed by atoms with Crippen LogP contribution in [-0.2, 0) is 6.54 Å². The van der Waals surface area contributed by atoms with E-state index in [-0.39, 0.29) is 24.0 Å². The second-order valence-corrected chi connectivity index (χ2v) is 5.54. The van der Waals surface area contributed by atoms with Gasteiger partial charge in [0, 0.05) is 6.54 Å². The summed E-state index contributed by atoms with van der Waals surface area (Å²) in [5.74, 6) is 3.06. The van der Waals surface area contributed by atoms with Crippen molar-refractivity contribution in [1.29, 1.82) is 0 Å². The Hall–Kier alpha value is -1.77. The summed E-state index contributed by atoms with van der Waals surface area (Å²) >= 11 is 0. The molecule has 0 saturated heterocycles. The molecule has 1 heterocycles. The second-order valence-electron chi connectivity index (χ2n) is 5.54. The molecule has 0 saturated carbocycles. The number of ether oxygens (including phenoxy) is 1. The molecule has 2 aromatic rings. The van der Waals surface area contributed by atoms with Gasteiger partial charge in [0.2, 0.25) is 5.89 Å². The van der Waals surface area contributed by atoms with Crippen molar-refractivity contribution in [1.82, 2.24) is 15.6 Å². The van der Waals surface area contributed by atoms with Gasteiger partial charge < -0.3 is 19.8 Å². The first-order valence-electron chi connectivity index (χ1n) is 8.23. The van der Waals surface area contributed by atoms with Crippen molar-refractivity contribution in [3.63, 3.8) is 0 Å². The number of aliphatic imine (C=N–C) groups is 1. The molecule has 0 bridgehead atoms. The molecule has 0 fully saturated rings. The van der Waals surface area contributed by atoms with Gasteiger partial charge in [0.15, 0.2) is 5.96 Å². The standard InChI is InChI=1S/C18H26N4O2.HI/c1-5-19-18(21-12-17-22-14(3)15(4)24-17)20-9-10-23-16-8-6-7-13(2)11-16;/h6-8,11H,5,9-10,12H2,1-4H3,(H2,19,20,21);1H. The number of hydrogen-bond acceptors (Lipinski definition) is 4. The Morgan fingerprint density at radius 1 is 1.24 bits per heavy atom. The third kappa shape index (κ3) is 7.33. The minimum Gasteiger partial charge on any atom is -0.492 e. The molecule has 1 aromatic heterocycles. The van der Waals surface area contributed by atoms with Gasteiger partial charge in [-0.15, -0.1) is 24.0 Å². The number of nitrogens with zero attached hydrogens (tertiary/aromatic N) is 2. The zero-order valence-electron chi connectivity index (χ0n) is 15.3. The van der Waals surface area contributed by atoms with Crippen LogP contribution in [0, 0.1) is 20.8 Å². The van der Waals surface area contributed by atoms with Crippen molar-refractivity contribution in [2.24, 2.45) is 4.99 Å². The summed E-state index contributed by atoms with van der Waals surface area (Å²) in [4.78, 5) is 8.81. The molecule has 7 heteroatoms. The van der Waals surface area contributed by atoms with Crippen molar-refractivity contribution < 1.29 is 9.15 Å². The largest absolute Gasteiger partial charge is 0.492 e. The topological polar surface area (TPSA) is 71.7 Å². The van der Waals surface area contributed by atoms with Gasteiger partial charge in [-0.3, -0.25) is 0 Å². The highest BCUT2D eigenvalue weighted by Gasteiger charge is 2.05. The van der Waals surface area contributed by atoms with Gasteiger partial charge in [-0.25, -0.2) is 9.98 Å². The maximum absolute atomic E-state index is 5.72. The van der Waals surface area contributed by atoms with Crippen molar-refractivity contribution in [3.8, 4) is 5.75 Å². The van der Waals surface area contributed by atoms with Crippen LogP contribution in [-0.4, -0.2) is 30.6 Å². The Balaban J connectivity index is 0.00000312. The number of aryl methyl sites for hydroxylation is 3. The molecule has 0 radical (unpaired) electrons. The monoisotopic (exact) mass is 458 g/mol. The molecule has 2 N–H and O–H groups in total. The molecule has 0 atom stereocenters. The predicted molar refractivity (Wildman–Crippen MR) is 111 cm³/mol. The fourth-order valence-electron chi connectivity index (χ4n) is 2.14. The summed E-state index contributed by atoms with van der Waals surface area (Å²) < 4.78 is 11.3. The van der Waals surface area contributed by atoms with Crippen LogP contribution in [0.3, 0.4) is 0 Å². The molecular weight excluding hydrogens is 431 g/mol. The van der Waals surface area contributed by atoms with E-state index in [2.05, 4.69) is 20.6 Å². The van der Waals surface area contributed by atoms with Gasteiger partial charge in [0.05, 0.1) is 12.2 Å². The maximum atomic E-state index is 5.72. The Labute approximate surface area is 166 Å². The first-order valence-corrected chi connectivity index (χ1v) is 8.23. The molecule has 138 valence electrons. The minimum atomic E-state index is 0. The fourth-order valence-corrected chi connectivity index (χ4v) is 2.14. The molecule has 0 unspecified atom stereocenters. The number of oxazole rings is 1. The average molecular weight is 458 g/mol. The third-order valence-electron chi connectivity index (χ3n) is 3.44. The van der Waals surface area contributed by atoms with Gasteiger partial charge in [-0.05, 0) is 45.4 Å². The van der Waals surface area contributed by atoms with Crippen molar-refractivity contribution >= 4 is 29.9 Å². The van der Waals surface area contributed by atoms with Crippen LogP contribution in [0.5, 0.6) is 5.75 Å².